The van der Waals surface area contributed by atoms with E-state index in [9.17, 15) is 5.11 Å². The zero-order valence-corrected chi connectivity index (χ0v) is 12.6. The van der Waals surface area contributed by atoms with Gasteiger partial charge in [-0.2, -0.15) is 0 Å². The van der Waals surface area contributed by atoms with Gasteiger partial charge in [-0.25, -0.2) is 0 Å². The second-order valence-electron chi connectivity index (χ2n) is 5.37. The van der Waals surface area contributed by atoms with E-state index < -0.39 is 6.10 Å². The van der Waals surface area contributed by atoms with Gasteiger partial charge in [0.25, 0.3) is 0 Å². The van der Waals surface area contributed by atoms with Crippen LogP contribution >= 0.6 is 0 Å². The molecule has 0 radical (unpaired) electrons. The van der Waals surface area contributed by atoms with Gasteiger partial charge in [0.1, 0.15) is 5.75 Å². The number of ether oxygens (including phenoxy) is 1. The van der Waals surface area contributed by atoms with Crippen molar-refractivity contribution >= 4 is 10.8 Å². The van der Waals surface area contributed by atoms with E-state index >= 15 is 0 Å². The molecule has 0 aliphatic heterocycles. The van der Waals surface area contributed by atoms with E-state index in [4.69, 9.17) is 9.84 Å². The maximum Gasteiger partial charge on any atom is 0.132 e. The molecule has 2 aromatic rings. The first kappa shape index (κ1) is 15.8. The van der Waals surface area contributed by atoms with Gasteiger partial charge in [0.05, 0.1) is 12.7 Å². The van der Waals surface area contributed by atoms with E-state index in [1.54, 1.807) is 6.92 Å². The van der Waals surface area contributed by atoms with E-state index in [1.165, 1.54) is 0 Å². The molecule has 2 aromatic carbocycles. The molecule has 3 heteroatoms. The average Bonchev–Trinajstić information content (AvgIpc) is 2.50. The van der Waals surface area contributed by atoms with Crippen molar-refractivity contribution in [2.75, 3.05) is 13.2 Å². The number of hydrogen-bond donors (Lipinski definition) is 2. The average molecular weight is 288 g/mol. The van der Waals surface area contributed by atoms with E-state index in [2.05, 4.69) is 6.07 Å². The molecular formula is C18H24O3. The molecule has 2 N–H and O–H groups in total. The van der Waals surface area contributed by atoms with Crippen molar-refractivity contribution in [1.82, 2.24) is 0 Å². The van der Waals surface area contributed by atoms with Crippen LogP contribution in [0, 0.1) is 0 Å². The lowest BCUT2D eigenvalue weighted by atomic mass is 10.0. The van der Waals surface area contributed by atoms with Gasteiger partial charge in [0.15, 0.2) is 0 Å². The van der Waals surface area contributed by atoms with Crippen LogP contribution in [0.25, 0.3) is 10.8 Å². The fourth-order valence-electron chi connectivity index (χ4n) is 2.49. The Kier molecular flexibility index (Phi) is 6.03. The van der Waals surface area contributed by atoms with E-state index in [-0.39, 0.29) is 6.61 Å². The number of aliphatic hydroxyl groups excluding tert-OH is 2. The van der Waals surface area contributed by atoms with Gasteiger partial charge < -0.3 is 14.9 Å². The van der Waals surface area contributed by atoms with Crippen molar-refractivity contribution < 1.29 is 14.9 Å². The van der Waals surface area contributed by atoms with Crippen LogP contribution in [0.2, 0.25) is 0 Å². The van der Waals surface area contributed by atoms with E-state index in [1.807, 2.05) is 30.3 Å². The van der Waals surface area contributed by atoms with Gasteiger partial charge in [-0.05, 0) is 31.6 Å². The highest BCUT2D eigenvalue weighted by molar-refractivity contribution is 5.89. The van der Waals surface area contributed by atoms with Gasteiger partial charge in [-0.1, -0.05) is 42.8 Å². The molecule has 0 heterocycles. The third-order valence-electron chi connectivity index (χ3n) is 3.66. The monoisotopic (exact) mass is 288 g/mol. The van der Waals surface area contributed by atoms with E-state index in [0.717, 1.165) is 47.8 Å². The van der Waals surface area contributed by atoms with Crippen molar-refractivity contribution in [2.45, 2.75) is 38.7 Å². The number of hydrogen-bond acceptors (Lipinski definition) is 3. The number of unbranched alkanes of at least 4 members (excludes halogenated alkanes) is 3. The molecule has 0 saturated heterocycles. The highest BCUT2D eigenvalue weighted by Gasteiger charge is 2.12. The summed E-state index contributed by atoms with van der Waals surface area (Å²) in [6, 6.07) is 12.0. The number of rotatable bonds is 8. The third-order valence-corrected chi connectivity index (χ3v) is 3.66. The molecule has 114 valence electrons. The SMILES string of the molecule is C[C@@H](O)c1ccc2ccccc2c1OCCCCCCO. The molecule has 0 spiro atoms. The molecule has 2 rings (SSSR count). The molecule has 0 unspecified atom stereocenters. The van der Waals surface area contributed by atoms with Crippen LogP contribution in [-0.4, -0.2) is 23.4 Å². The summed E-state index contributed by atoms with van der Waals surface area (Å²) in [5, 5.41) is 20.9. The molecule has 3 nitrogen and oxygen atoms in total. The maximum atomic E-state index is 9.93. The Morgan fingerprint density at radius 2 is 1.76 bits per heavy atom. The van der Waals surface area contributed by atoms with Gasteiger partial charge in [-0.3, -0.25) is 0 Å². The quantitative estimate of drug-likeness (QED) is 0.726. The third kappa shape index (κ3) is 4.19. The number of fused-ring (bicyclic) bond motifs is 1. The van der Waals surface area contributed by atoms with Crippen LogP contribution in [-0.2, 0) is 0 Å². The predicted octanol–water partition coefficient (Wildman–Crippen LogP) is 3.82. The van der Waals surface area contributed by atoms with Gasteiger partial charge in [-0.15, -0.1) is 0 Å². The van der Waals surface area contributed by atoms with Gasteiger partial charge in [0.2, 0.25) is 0 Å². The van der Waals surface area contributed by atoms with Gasteiger partial charge in [0, 0.05) is 17.6 Å². The first-order valence-corrected chi connectivity index (χ1v) is 7.67. The molecule has 0 aromatic heterocycles. The Morgan fingerprint density at radius 3 is 2.52 bits per heavy atom. The summed E-state index contributed by atoms with van der Waals surface area (Å²) in [6.45, 7) is 2.66. The minimum atomic E-state index is -0.543. The molecule has 0 saturated carbocycles. The summed E-state index contributed by atoms with van der Waals surface area (Å²) in [5.41, 5.74) is 0.837. The standard InChI is InChI=1S/C18H24O3/c1-14(20)16-11-10-15-8-4-5-9-17(15)18(16)21-13-7-3-2-6-12-19/h4-5,8-11,14,19-20H,2-3,6-7,12-13H2,1H3/t14-/m1/s1. The second-order valence-corrected chi connectivity index (χ2v) is 5.37. The van der Waals surface area contributed by atoms with Crippen LogP contribution in [0.5, 0.6) is 5.75 Å². The normalized spacial score (nSPS) is 12.5. The molecule has 0 fully saturated rings. The van der Waals surface area contributed by atoms with Crippen LogP contribution in [0.4, 0.5) is 0 Å². The van der Waals surface area contributed by atoms with Gasteiger partial charge >= 0.3 is 0 Å². The summed E-state index contributed by atoms with van der Waals surface area (Å²) in [5.74, 6) is 0.797. The van der Waals surface area contributed by atoms with Crippen LogP contribution in [0.15, 0.2) is 36.4 Å². The Morgan fingerprint density at radius 1 is 1.00 bits per heavy atom. The topological polar surface area (TPSA) is 49.7 Å². The van der Waals surface area contributed by atoms with Crippen molar-refractivity contribution in [3.05, 3.63) is 42.0 Å². The zero-order valence-electron chi connectivity index (χ0n) is 12.6. The predicted molar refractivity (Wildman–Crippen MR) is 85.6 cm³/mol. The molecule has 0 aliphatic rings. The largest absolute Gasteiger partial charge is 0.493 e. The summed E-state index contributed by atoms with van der Waals surface area (Å²) >= 11 is 0. The second kappa shape index (κ2) is 8.01. The molecular weight excluding hydrogens is 264 g/mol. The van der Waals surface area contributed by atoms with Crippen LogP contribution < -0.4 is 4.74 Å². The summed E-state index contributed by atoms with van der Waals surface area (Å²) in [7, 11) is 0. The molecule has 0 amide bonds. The van der Waals surface area contributed by atoms with E-state index in [0.29, 0.717) is 6.61 Å². The number of aliphatic hydroxyl groups is 2. The van der Waals surface area contributed by atoms with Crippen molar-refractivity contribution in [3.8, 4) is 5.75 Å². The van der Waals surface area contributed by atoms with Crippen LogP contribution in [0.3, 0.4) is 0 Å². The molecule has 1 atom stereocenters. The first-order valence-electron chi connectivity index (χ1n) is 7.67. The fourth-order valence-corrected chi connectivity index (χ4v) is 2.49. The molecule has 21 heavy (non-hydrogen) atoms. The highest BCUT2D eigenvalue weighted by atomic mass is 16.5. The lowest BCUT2D eigenvalue weighted by molar-refractivity contribution is 0.191. The Labute approximate surface area is 126 Å². The first-order chi connectivity index (χ1) is 10.2. The van der Waals surface area contributed by atoms with Crippen LogP contribution in [0.1, 0.15) is 44.3 Å². The minimum absolute atomic E-state index is 0.260. The highest BCUT2D eigenvalue weighted by Crippen LogP contribution is 2.33. The summed E-state index contributed by atoms with van der Waals surface area (Å²) < 4.78 is 5.97. The lowest BCUT2D eigenvalue weighted by Gasteiger charge is -2.16. The minimum Gasteiger partial charge on any atom is -0.493 e. The fraction of sp³-hybridized carbons (Fsp3) is 0.444. The number of benzene rings is 2. The zero-order chi connectivity index (χ0) is 15.1. The smallest absolute Gasteiger partial charge is 0.132 e. The molecule has 0 aliphatic carbocycles. The maximum absolute atomic E-state index is 9.93. The lowest BCUT2D eigenvalue weighted by Crippen LogP contribution is -2.03. The summed E-state index contributed by atoms with van der Waals surface area (Å²) in [4.78, 5) is 0. The Hall–Kier alpha value is -1.58. The summed E-state index contributed by atoms with van der Waals surface area (Å²) in [6.07, 6.45) is 3.35. The Bertz CT molecular complexity index is 563. The van der Waals surface area contributed by atoms with Crippen molar-refractivity contribution in [3.63, 3.8) is 0 Å². The molecule has 0 bridgehead atoms. The Balaban J connectivity index is 2.10. The van der Waals surface area contributed by atoms with Crippen molar-refractivity contribution in [1.29, 1.82) is 0 Å². The van der Waals surface area contributed by atoms with Crippen molar-refractivity contribution in [2.24, 2.45) is 0 Å².